The Bertz CT molecular complexity index is 870. The number of carbonyl (C=O) groups is 2. The number of fused-ring (bicyclic) bond motifs is 1. The molecule has 2 aromatic rings. The topological polar surface area (TPSA) is 94.3 Å². The number of nitrogens with one attached hydrogen (secondary N) is 3. The molecule has 3 heterocycles. The van der Waals surface area contributed by atoms with E-state index in [4.69, 9.17) is 0 Å². The Labute approximate surface area is 150 Å². The van der Waals surface area contributed by atoms with Crippen LogP contribution in [-0.4, -0.2) is 47.4 Å². The zero-order valence-corrected chi connectivity index (χ0v) is 14.2. The molecule has 0 unspecified atom stereocenters. The van der Waals surface area contributed by atoms with Gasteiger partial charge in [0.1, 0.15) is 0 Å². The number of anilines is 1. The van der Waals surface area contributed by atoms with Crippen molar-refractivity contribution in [3.8, 4) is 0 Å². The summed E-state index contributed by atoms with van der Waals surface area (Å²) in [7, 11) is 0. The maximum atomic E-state index is 12.8. The van der Waals surface area contributed by atoms with E-state index in [0.717, 1.165) is 26.1 Å². The number of carbonyl (C=O) groups excluding carboxylic acids is 2. The quantitative estimate of drug-likeness (QED) is 0.770. The molecule has 2 atom stereocenters. The van der Waals surface area contributed by atoms with Gasteiger partial charge in [0.05, 0.1) is 5.56 Å². The van der Waals surface area contributed by atoms with Gasteiger partial charge < -0.3 is 20.5 Å². The predicted molar refractivity (Wildman–Crippen MR) is 97.3 cm³/mol. The van der Waals surface area contributed by atoms with Crippen LogP contribution in [0.15, 0.2) is 47.4 Å². The van der Waals surface area contributed by atoms with Crippen molar-refractivity contribution in [2.45, 2.75) is 12.5 Å². The molecule has 7 nitrogen and oxygen atoms in total. The van der Waals surface area contributed by atoms with Crippen molar-refractivity contribution >= 4 is 17.5 Å². The van der Waals surface area contributed by atoms with Crippen LogP contribution in [0.3, 0.4) is 0 Å². The summed E-state index contributed by atoms with van der Waals surface area (Å²) in [6, 6.07) is 9.97. The van der Waals surface area contributed by atoms with Gasteiger partial charge in [-0.3, -0.25) is 14.4 Å². The number of aromatic nitrogens is 1. The third-order valence-electron chi connectivity index (χ3n) is 5.14. The Morgan fingerprint density at radius 3 is 2.54 bits per heavy atom. The number of benzene rings is 1. The number of likely N-dealkylation sites (tertiary alicyclic amines) is 1. The highest BCUT2D eigenvalue weighted by Gasteiger charge is 2.39. The molecule has 1 aromatic carbocycles. The summed E-state index contributed by atoms with van der Waals surface area (Å²) >= 11 is 0. The molecule has 26 heavy (non-hydrogen) atoms. The molecule has 2 fully saturated rings. The number of nitrogens with zero attached hydrogens (tertiary/aromatic N) is 1. The highest BCUT2D eigenvalue weighted by atomic mass is 16.2. The van der Waals surface area contributed by atoms with Crippen LogP contribution in [0.5, 0.6) is 0 Å². The summed E-state index contributed by atoms with van der Waals surface area (Å²) in [5.41, 5.74) is 1.33. The number of amides is 2. The van der Waals surface area contributed by atoms with E-state index in [2.05, 4.69) is 15.6 Å². The van der Waals surface area contributed by atoms with E-state index in [9.17, 15) is 14.4 Å². The minimum Gasteiger partial charge on any atom is -0.334 e. The number of pyridine rings is 1. The van der Waals surface area contributed by atoms with Gasteiger partial charge in [-0.15, -0.1) is 0 Å². The normalized spacial score (nSPS) is 21.5. The summed E-state index contributed by atoms with van der Waals surface area (Å²) in [6.07, 6.45) is 2.42. The minimum atomic E-state index is -0.320. The van der Waals surface area contributed by atoms with Gasteiger partial charge in [0.15, 0.2) is 0 Å². The van der Waals surface area contributed by atoms with Gasteiger partial charge in [0.25, 0.3) is 11.8 Å². The number of aromatic amines is 1. The van der Waals surface area contributed by atoms with Crippen LogP contribution in [-0.2, 0) is 0 Å². The van der Waals surface area contributed by atoms with Gasteiger partial charge >= 0.3 is 0 Å². The van der Waals surface area contributed by atoms with E-state index in [1.54, 1.807) is 24.3 Å². The standard InChI is InChI=1S/C19H20N4O3/c24-17-6-3-14(10-21-17)18(25)22-15-4-1-12(2-5-15)19(26)23-8-7-13-9-20-11-16(13)23/h1-6,10,13,16,20H,7-9,11H2,(H,21,24)(H,22,25)/t13-,16+/m1/s1. The number of H-pyrrole nitrogens is 1. The first-order valence-electron chi connectivity index (χ1n) is 8.73. The second-order valence-corrected chi connectivity index (χ2v) is 6.75. The summed E-state index contributed by atoms with van der Waals surface area (Å²) in [4.78, 5) is 40.4. The SMILES string of the molecule is O=C(Nc1ccc(C(=O)N2CC[C@@H]3CNC[C@@H]32)cc1)c1ccc(=O)[nH]c1. The minimum absolute atomic E-state index is 0.0414. The summed E-state index contributed by atoms with van der Waals surface area (Å²) in [5, 5.41) is 6.10. The van der Waals surface area contributed by atoms with Crippen LogP contribution in [0.1, 0.15) is 27.1 Å². The maximum absolute atomic E-state index is 12.8. The third kappa shape index (κ3) is 3.13. The average Bonchev–Trinajstić information content (AvgIpc) is 3.26. The van der Waals surface area contributed by atoms with Crippen molar-refractivity contribution in [1.82, 2.24) is 15.2 Å². The lowest BCUT2D eigenvalue weighted by molar-refractivity contribution is 0.0737. The third-order valence-corrected chi connectivity index (χ3v) is 5.14. The van der Waals surface area contributed by atoms with Crippen LogP contribution in [0.25, 0.3) is 0 Å². The molecule has 2 aliphatic heterocycles. The van der Waals surface area contributed by atoms with Crippen molar-refractivity contribution in [2.75, 3.05) is 25.0 Å². The number of hydrogen-bond acceptors (Lipinski definition) is 4. The van der Waals surface area contributed by atoms with Crippen LogP contribution in [0.4, 0.5) is 5.69 Å². The molecule has 1 aromatic heterocycles. The molecule has 0 bridgehead atoms. The van der Waals surface area contributed by atoms with Gasteiger partial charge in [0, 0.05) is 49.2 Å². The molecular formula is C19H20N4O3. The van der Waals surface area contributed by atoms with E-state index < -0.39 is 0 Å². The fourth-order valence-electron chi connectivity index (χ4n) is 3.72. The summed E-state index contributed by atoms with van der Waals surface area (Å²) in [6.45, 7) is 2.66. The lowest BCUT2D eigenvalue weighted by Gasteiger charge is -2.23. The van der Waals surface area contributed by atoms with Gasteiger partial charge in [0.2, 0.25) is 5.56 Å². The Morgan fingerprint density at radius 2 is 1.81 bits per heavy atom. The largest absolute Gasteiger partial charge is 0.334 e. The van der Waals surface area contributed by atoms with Crippen molar-refractivity contribution in [3.05, 3.63) is 64.1 Å². The Kier molecular flexibility index (Phi) is 4.30. The first kappa shape index (κ1) is 16.5. The summed E-state index contributed by atoms with van der Waals surface area (Å²) < 4.78 is 0. The smallest absolute Gasteiger partial charge is 0.257 e. The van der Waals surface area contributed by atoms with E-state index in [1.807, 2.05) is 4.90 Å². The lowest BCUT2D eigenvalue weighted by atomic mass is 10.0. The molecule has 0 saturated carbocycles. The average molecular weight is 352 g/mol. The second-order valence-electron chi connectivity index (χ2n) is 6.75. The Morgan fingerprint density at radius 1 is 1.04 bits per heavy atom. The van der Waals surface area contributed by atoms with Crippen LogP contribution >= 0.6 is 0 Å². The fourth-order valence-corrected chi connectivity index (χ4v) is 3.72. The highest BCUT2D eigenvalue weighted by molar-refractivity contribution is 6.04. The molecule has 0 radical (unpaired) electrons. The molecule has 2 saturated heterocycles. The van der Waals surface area contributed by atoms with Gasteiger partial charge in [-0.1, -0.05) is 0 Å². The number of rotatable bonds is 3. The van der Waals surface area contributed by atoms with Crippen molar-refractivity contribution in [3.63, 3.8) is 0 Å². The molecule has 2 amide bonds. The second kappa shape index (κ2) is 6.76. The molecule has 0 aliphatic carbocycles. The predicted octanol–water partition coefficient (Wildman–Crippen LogP) is 1.06. The molecule has 0 spiro atoms. The Hall–Kier alpha value is -2.93. The van der Waals surface area contributed by atoms with E-state index in [0.29, 0.717) is 28.8 Å². The molecule has 7 heteroatoms. The lowest BCUT2D eigenvalue weighted by Crippen LogP contribution is -2.39. The zero-order chi connectivity index (χ0) is 18.1. The van der Waals surface area contributed by atoms with Gasteiger partial charge in [-0.2, -0.15) is 0 Å². The molecule has 2 aliphatic rings. The first-order chi connectivity index (χ1) is 12.6. The number of hydrogen-bond donors (Lipinski definition) is 3. The van der Waals surface area contributed by atoms with Crippen LogP contribution in [0.2, 0.25) is 0 Å². The maximum Gasteiger partial charge on any atom is 0.257 e. The molecular weight excluding hydrogens is 332 g/mol. The zero-order valence-electron chi connectivity index (χ0n) is 14.2. The van der Waals surface area contributed by atoms with Crippen LogP contribution in [0, 0.1) is 5.92 Å². The highest BCUT2D eigenvalue weighted by Crippen LogP contribution is 2.28. The van der Waals surface area contributed by atoms with Crippen molar-refractivity contribution < 1.29 is 9.59 Å². The van der Waals surface area contributed by atoms with Crippen LogP contribution < -0.4 is 16.2 Å². The van der Waals surface area contributed by atoms with Gasteiger partial charge in [-0.05, 0) is 42.7 Å². The molecule has 134 valence electrons. The molecule has 4 rings (SSSR count). The fraction of sp³-hybridized carbons (Fsp3) is 0.316. The first-order valence-corrected chi connectivity index (χ1v) is 8.73. The van der Waals surface area contributed by atoms with E-state index in [-0.39, 0.29) is 17.4 Å². The van der Waals surface area contributed by atoms with Crippen molar-refractivity contribution in [2.24, 2.45) is 5.92 Å². The van der Waals surface area contributed by atoms with E-state index >= 15 is 0 Å². The summed E-state index contributed by atoms with van der Waals surface area (Å²) in [5.74, 6) is 0.286. The Balaban J connectivity index is 1.43. The van der Waals surface area contributed by atoms with Crippen molar-refractivity contribution in [1.29, 1.82) is 0 Å². The monoisotopic (exact) mass is 352 g/mol. The van der Waals surface area contributed by atoms with E-state index in [1.165, 1.54) is 18.3 Å². The van der Waals surface area contributed by atoms with Gasteiger partial charge in [-0.25, -0.2) is 0 Å². The molecule has 3 N–H and O–H groups in total.